The molecule has 1 fully saturated rings. The molecule has 1 unspecified atom stereocenters. The van der Waals surface area contributed by atoms with Crippen LogP contribution in [0.1, 0.15) is 52.4 Å². The zero-order valence-electron chi connectivity index (χ0n) is 9.55. The summed E-state index contributed by atoms with van der Waals surface area (Å²) in [6.07, 6.45) is 7.48. The van der Waals surface area contributed by atoms with Gasteiger partial charge in [-0.05, 0) is 38.0 Å². The third kappa shape index (κ3) is 3.72. The Morgan fingerprint density at radius 3 is 2.50 bits per heavy atom. The Hall–Kier alpha value is -0.480. The molecule has 1 nitrogen and oxygen atoms in total. The van der Waals surface area contributed by atoms with Gasteiger partial charge < -0.3 is 5.73 Å². The van der Waals surface area contributed by atoms with Gasteiger partial charge in [-0.1, -0.05) is 19.8 Å². The van der Waals surface area contributed by atoms with Gasteiger partial charge in [-0.3, -0.25) is 0 Å². The molecule has 0 aromatic heterocycles. The van der Waals surface area contributed by atoms with Crippen LogP contribution in [0.2, 0.25) is 0 Å². The van der Waals surface area contributed by atoms with Gasteiger partial charge >= 0.3 is 0 Å². The van der Waals surface area contributed by atoms with Crippen molar-refractivity contribution < 1.29 is 0 Å². The maximum atomic E-state index is 6.17. The summed E-state index contributed by atoms with van der Waals surface area (Å²) in [4.78, 5) is 0. The molecular formula is C13H23N. The zero-order chi connectivity index (χ0) is 10.4. The van der Waals surface area contributed by atoms with Crippen LogP contribution in [0.4, 0.5) is 0 Å². The van der Waals surface area contributed by atoms with E-state index < -0.39 is 0 Å². The van der Waals surface area contributed by atoms with E-state index in [2.05, 4.69) is 18.8 Å². The molecule has 1 heteroatoms. The van der Waals surface area contributed by atoms with Crippen LogP contribution in [0.25, 0.3) is 0 Å². The van der Waals surface area contributed by atoms with Gasteiger partial charge in [0.15, 0.2) is 0 Å². The quantitative estimate of drug-likeness (QED) is 0.685. The van der Waals surface area contributed by atoms with Crippen molar-refractivity contribution in [3.05, 3.63) is 0 Å². The molecule has 0 aliphatic heterocycles. The highest BCUT2D eigenvalue weighted by Crippen LogP contribution is 2.30. The second kappa shape index (κ2) is 6.09. The van der Waals surface area contributed by atoms with Crippen molar-refractivity contribution in [2.45, 2.75) is 58.4 Å². The Labute approximate surface area is 88.5 Å². The highest BCUT2D eigenvalue weighted by Gasteiger charge is 2.22. The minimum Gasteiger partial charge on any atom is -0.327 e. The first-order valence-electron chi connectivity index (χ1n) is 5.89. The normalized spacial score (nSPS) is 29.1. The van der Waals surface area contributed by atoms with Gasteiger partial charge in [-0.15, -0.1) is 11.8 Å². The van der Waals surface area contributed by atoms with Crippen molar-refractivity contribution in [2.24, 2.45) is 17.6 Å². The molecule has 0 saturated heterocycles. The minimum absolute atomic E-state index is 0.392. The Kier molecular flexibility index (Phi) is 5.04. The van der Waals surface area contributed by atoms with Gasteiger partial charge in [0.2, 0.25) is 0 Å². The molecule has 2 N–H and O–H groups in total. The average molecular weight is 193 g/mol. The molecule has 14 heavy (non-hydrogen) atoms. The molecule has 80 valence electrons. The fourth-order valence-electron chi connectivity index (χ4n) is 2.31. The molecule has 1 rings (SSSR count). The van der Waals surface area contributed by atoms with Gasteiger partial charge in [-0.2, -0.15) is 0 Å². The lowest BCUT2D eigenvalue weighted by atomic mass is 9.78. The van der Waals surface area contributed by atoms with E-state index in [4.69, 9.17) is 5.73 Å². The van der Waals surface area contributed by atoms with Gasteiger partial charge in [0, 0.05) is 12.5 Å². The second-order valence-electron chi connectivity index (χ2n) is 4.65. The Morgan fingerprint density at radius 2 is 1.93 bits per heavy atom. The largest absolute Gasteiger partial charge is 0.327 e. The second-order valence-corrected chi connectivity index (χ2v) is 4.65. The molecule has 1 aliphatic rings. The standard InChI is InChI=1S/C13H23N/c1-3-4-5-6-13(14)12-9-7-11(2)8-10-12/h11-13H,5-10,14H2,1-2H3. The third-order valence-corrected chi connectivity index (χ3v) is 3.45. The van der Waals surface area contributed by atoms with Gasteiger partial charge in [-0.25, -0.2) is 0 Å². The predicted octanol–water partition coefficient (Wildman–Crippen LogP) is 2.94. The van der Waals surface area contributed by atoms with Gasteiger partial charge in [0.05, 0.1) is 0 Å². The SMILES string of the molecule is CC#CCCC(N)C1CCC(C)CC1. The summed E-state index contributed by atoms with van der Waals surface area (Å²) in [7, 11) is 0. The van der Waals surface area contributed by atoms with E-state index in [-0.39, 0.29) is 0 Å². The van der Waals surface area contributed by atoms with Crippen molar-refractivity contribution in [2.75, 3.05) is 0 Å². The summed E-state index contributed by atoms with van der Waals surface area (Å²) < 4.78 is 0. The van der Waals surface area contributed by atoms with Crippen molar-refractivity contribution in [3.63, 3.8) is 0 Å². The first-order valence-corrected chi connectivity index (χ1v) is 5.89. The lowest BCUT2D eigenvalue weighted by Crippen LogP contribution is -2.32. The highest BCUT2D eigenvalue weighted by atomic mass is 14.6. The molecule has 0 bridgehead atoms. The van der Waals surface area contributed by atoms with Crippen molar-refractivity contribution in [1.29, 1.82) is 0 Å². The summed E-state index contributed by atoms with van der Waals surface area (Å²) in [6, 6.07) is 0.392. The number of rotatable bonds is 3. The van der Waals surface area contributed by atoms with Crippen LogP contribution >= 0.6 is 0 Å². The molecule has 0 aromatic carbocycles. The van der Waals surface area contributed by atoms with Crippen LogP contribution in [0.15, 0.2) is 0 Å². The summed E-state index contributed by atoms with van der Waals surface area (Å²) in [5.41, 5.74) is 6.17. The molecule has 0 radical (unpaired) electrons. The van der Waals surface area contributed by atoms with E-state index >= 15 is 0 Å². The predicted molar refractivity (Wildman–Crippen MR) is 61.8 cm³/mol. The van der Waals surface area contributed by atoms with E-state index in [1.807, 2.05) is 6.92 Å². The first-order chi connectivity index (χ1) is 6.74. The van der Waals surface area contributed by atoms with Crippen LogP contribution in [0.3, 0.4) is 0 Å². The highest BCUT2D eigenvalue weighted by molar-refractivity contribution is 4.96. The van der Waals surface area contributed by atoms with E-state index in [0.717, 1.165) is 24.7 Å². The van der Waals surface area contributed by atoms with Crippen LogP contribution in [-0.4, -0.2) is 6.04 Å². The number of nitrogens with two attached hydrogens (primary N) is 1. The summed E-state index contributed by atoms with van der Waals surface area (Å²) >= 11 is 0. The molecule has 0 aromatic rings. The zero-order valence-corrected chi connectivity index (χ0v) is 9.55. The Balaban J connectivity index is 2.22. The molecule has 0 amide bonds. The summed E-state index contributed by atoms with van der Waals surface area (Å²) in [5, 5.41) is 0. The fraction of sp³-hybridized carbons (Fsp3) is 0.846. The Bertz CT molecular complexity index is 203. The monoisotopic (exact) mass is 193 g/mol. The maximum absolute atomic E-state index is 6.17. The van der Waals surface area contributed by atoms with Gasteiger partial charge in [0.1, 0.15) is 0 Å². The molecular weight excluding hydrogens is 170 g/mol. The van der Waals surface area contributed by atoms with Crippen LogP contribution in [-0.2, 0) is 0 Å². The molecule has 0 heterocycles. The smallest absolute Gasteiger partial charge is 0.0103 e. The van der Waals surface area contributed by atoms with E-state index in [0.29, 0.717) is 6.04 Å². The van der Waals surface area contributed by atoms with Crippen molar-refractivity contribution >= 4 is 0 Å². The van der Waals surface area contributed by atoms with Crippen molar-refractivity contribution in [1.82, 2.24) is 0 Å². The molecule has 0 spiro atoms. The molecule has 1 saturated carbocycles. The Morgan fingerprint density at radius 1 is 1.29 bits per heavy atom. The number of hydrogen-bond acceptors (Lipinski definition) is 1. The van der Waals surface area contributed by atoms with E-state index in [1.54, 1.807) is 0 Å². The summed E-state index contributed by atoms with van der Waals surface area (Å²) in [5.74, 6) is 7.72. The topological polar surface area (TPSA) is 26.0 Å². The van der Waals surface area contributed by atoms with Gasteiger partial charge in [0.25, 0.3) is 0 Å². The van der Waals surface area contributed by atoms with Crippen LogP contribution in [0, 0.1) is 23.7 Å². The number of hydrogen-bond donors (Lipinski definition) is 1. The van der Waals surface area contributed by atoms with Crippen LogP contribution < -0.4 is 5.73 Å². The van der Waals surface area contributed by atoms with Crippen LogP contribution in [0.5, 0.6) is 0 Å². The third-order valence-electron chi connectivity index (χ3n) is 3.45. The average Bonchev–Trinajstić information content (AvgIpc) is 2.19. The van der Waals surface area contributed by atoms with Crippen molar-refractivity contribution in [3.8, 4) is 11.8 Å². The fourth-order valence-corrected chi connectivity index (χ4v) is 2.31. The lowest BCUT2D eigenvalue weighted by molar-refractivity contribution is 0.249. The lowest BCUT2D eigenvalue weighted by Gasteiger charge is -2.30. The van der Waals surface area contributed by atoms with E-state index in [1.165, 1.54) is 25.7 Å². The minimum atomic E-state index is 0.392. The molecule has 1 aliphatic carbocycles. The maximum Gasteiger partial charge on any atom is 0.0103 e. The first kappa shape index (κ1) is 11.6. The summed E-state index contributed by atoms with van der Waals surface area (Å²) in [6.45, 7) is 4.25. The molecule has 1 atom stereocenters. The van der Waals surface area contributed by atoms with E-state index in [9.17, 15) is 0 Å².